The van der Waals surface area contributed by atoms with Gasteiger partial charge in [0.15, 0.2) is 0 Å². The Morgan fingerprint density at radius 2 is 1.68 bits per heavy atom. The molecule has 1 amide bonds. The molecule has 178 valence electrons. The number of hydrogen-bond donors (Lipinski definition) is 1. The van der Waals surface area contributed by atoms with Crippen molar-refractivity contribution in [1.29, 1.82) is 0 Å². The van der Waals surface area contributed by atoms with Crippen LogP contribution >= 0.6 is 0 Å². The Balaban J connectivity index is 2.34. The number of carbonyl (C=O) groups is 3. The van der Waals surface area contributed by atoms with Crippen molar-refractivity contribution < 1.29 is 38.4 Å². The number of aliphatic hydroxyl groups excluding tert-OH is 1. The van der Waals surface area contributed by atoms with E-state index in [4.69, 9.17) is 18.9 Å². The lowest BCUT2D eigenvalue weighted by atomic mass is 9.84. The number of hydrogen-bond acceptors (Lipinski definition) is 8. The first kappa shape index (κ1) is 25.5. The molecular weight excluding hydrogens is 406 g/mol. The van der Waals surface area contributed by atoms with Crippen molar-refractivity contribution in [1.82, 2.24) is 4.90 Å². The molecule has 0 bridgehead atoms. The van der Waals surface area contributed by atoms with Crippen molar-refractivity contribution in [3.63, 3.8) is 0 Å². The molecule has 0 spiro atoms. The zero-order chi connectivity index (χ0) is 23.7. The van der Waals surface area contributed by atoms with Gasteiger partial charge in [-0.3, -0.25) is 14.4 Å². The van der Waals surface area contributed by atoms with Gasteiger partial charge >= 0.3 is 11.9 Å². The minimum absolute atomic E-state index is 0.0962. The lowest BCUT2D eigenvalue weighted by molar-refractivity contribution is -0.191. The van der Waals surface area contributed by atoms with Gasteiger partial charge in [-0.15, -0.1) is 0 Å². The normalized spacial score (nSPS) is 32.0. The van der Waals surface area contributed by atoms with Crippen LogP contribution in [0.5, 0.6) is 0 Å². The molecule has 31 heavy (non-hydrogen) atoms. The molecule has 9 nitrogen and oxygen atoms in total. The molecule has 0 aliphatic carbocycles. The van der Waals surface area contributed by atoms with Crippen molar-refractivity contribution >= 4 is 17.8 Å². The van der Waals surface area contributed by atoms with Crippen molar-refractivity contribution in [2.75, 3.05) is 13.2 Å². The van der Waals surface area contributed by atoms with E-state index in [0.29, 0.717) is 0 Å². The molecular formula is C22H37NO8. The van der Waals surface area contributed by atoms with Crippen LogP contribution in [0.2, 0.25) is 0 Å². The largest absolute Gasteiger partial charge is 0.462 e. The number of aliphatic hydroxyl groups is 1. The van der Waals surface area contributed by atoms with Crippen LogP contribution in [0, 0.1) is 5.92 Å². The molecule has 0 radical (unpaired) electrons. The van der Waals surface area contributed by atoms with Gasteiger partial charge in [-0.1, -0.05) is 0 Å². The summed E-state index contributed by atoms with van der Waals surface area (Å²) in [6, 6.07) is -0.749. The van der Waals surface area contributed by atoms with Gasteiger partial charge in [0.2, 0.25) is 5.91 Å². The summed E-state index contributed by atoms with van der Waals surface area (Å²) in [5, 5.41) is 10.9. The number of nitrogens with zero attached hydrogens (tertiary/aromatic N) is 1. The zero-order valence-electron chi connectivity index (χ0n) is 19.8. The summed E-state index contributed by atoms with van der Waals surface area (Å²) < 4.78 is 22.9. The van der Waals surface area contributed by atoms with E-state index >= 15 is 0 Å². The summed E-state index contributed by atoms with van der Waals surface area (Å²) in [7, 11) is 0. The van der Waals surface area contributed by atoms with Crippen LogP contribution in [0.15, 0.2) is 0 Å². The van der Waals surface area contributed by atoms with Gasteiger partial charge in [0.25, 0.3) is 0 Å². The van der Waals surface area contributed by atoms with E-state index in [1.165, 1.54) is 18.7 Å². The molecule has 6 atom stereocenters. The first-order chi connectivity index (χ1) is 14.1. The van der Waals surface area contributed by atoms with Gasteiger partial charge in [-0.25, -0.2) is 0 Å². The molecule has 2 aliphatic heterocycles. The number of amides is 1. The molecule has 2 fully saturated rings. The first-order valence-corrected chi connectivity index (χ1v) is 10.7. The molecule has 0 aromatic carbocycles. The van der Waals surface area contributed by atoms with Gasteiger partial charge in [0.1, 0.15) is 30.8 Å². The van der Waals surface area contributed by atoms with E-state index in [-0.39, 0.29) is 25.5 Å². The molecule has 2 saturated heterocycles. The fourth-order valence-electron chi connectivity index (χ4n) is 4.21. The van der Waals surface area contributed by atoms with Crippen molar-refractivity contribution in [2.45, 2.75) is 103 Å². The number of rotatable bonds is 5. The summed E-state index contributed by atoms with van der Waals surface area (Å²) >= 11 is 0. The van der Waals surface area contributed by atoms with Crippen LogP contribution in [0.25, 0.3) is 0 Å². The molecule has 0 saturated carbocycles. The standard InChI is InChI=1S/C22H37NO8/c1-12(24)23-10-16(30-21(3,4)5)19(31-22(6,7)8)18(23)17-15(26)9-14(29-20(17)27)11-28-13(2)25/h14-19,26H,9-11H2,1-8H3/t14-,15-,16+,17+,18+,19-/m1/s1. The Kier molecular flexibility index (Phi) is 7.76. The highest BCUT2D eigenvalue weighted by molar-refractivity contribution is 5.79. The highest BCUT2D eigenvalue weighted by Gasteiger charge is 2.56. The van der Waals surface area contributed by atoms with Gasteiger partial charge in [0, 0.05) is 26.8 Å². The van der Waals surface area contributed by atoms with Crippen LogP contribution in [-0.4, -0.2) is 82.7 Å². The van der Waals surface area contributed by atoms with E-state index in [0.717, 1.165) is 0 Å². The Morgan fingerprint density at radius 1 is 1.10 bits per heavy atom. The van der Waals surface area contributed by atoms with E-state index in [9.17, 15) is 19.5 Å². The second kappa shape index (κ2) is 9.42. The average molecular weight is 444 g/mol. The summed E-state index contributed by atoms with van der Waals surface area (Å²) in [4.78, 5) is 38.1. The van der Waals surface area contributed by atoms with Gasteiger partial charge in [-0.05, 0) is 41.5 Å². The Labute approximate surface area is 184 Å². The maximum atomic E-state index is 13.0. The number of carbonyl (C=O) groups excluding carboxylic acids is 3. The van der Waals surface area contributed by atoms with Crippen LogP contribution in [0.3, 0.4) is 0 Å². The minimum Gasteiger partial charge on any atom is -0.462 e. The molecule has 0 aromatic rings. The number of esters is 2. The summed E-state index contributed by atoms with van der Waals surface area (Å²) in [5.74, 6) is -2.38. The third-order valence-corrected chi connectivity index (χ3v) is 5.15. The van der Waals surface area contributed by atoms with Gasteiger partial charge in [0.05, 0.1) is 23.3 Å². The minimum atomic E-state index is -1.09. The predicted octanol–water partition coefficient (Wildman–Crippen LogP) is 1.44. The number of cyclic esters (lactones) is 1. The Bertz CT molecular complexity index is 680. The van der Waals surface area contributed by atoms with Crippen molar-refractivity contribution in [3.05, 3.63) is 0 Å². The fourth-order valence-corrected chi connectivity index (χ4v) is 4.21. The van der Waals surface area contributed by atoms with Crippen molar-refractivity contribution in [2.24, 2.45) is 5.92 Å². The Hall–Kier alpha value is -1.71. The summed E-state index contributed by atoms with van der Waals surface area (Å²) in [6.07, 6.45) is -2.85. The van der Waals surface area contributed by atoms with E-state index in [1.807, 2.05) is 41.5 Å². The second-order valence-corrected chi connectivity index (χ2v) is 10.3. The third kappa shape index (κ3) is 6.89. The zero-order valence-corrected chi connectivity index (χ0v) is 19.8. The molecule has 2 heterocycles. The lowest BCUT2D eigenvalue weighted by Crippen LogP contribution is -2.57. The fraction of sp³-hybridized carbons (Fsp3) is 0.864. The summed E-state index contributed by atoms with van der Waals surface area (Å²) in [6.45, 7) is 14.2. The highest BCUT2D eigenvalue weighted by Crippen LogP contribution is 2.38. The molecule has 9 heteroatoms. The Morgan fingerprint density at radius 3 is 2.13 bits per heavy atom. The molecule has 0 aromatic heterocycles. The van der Waals surface area contributed by atoms with Gasteiger partial charge in [-0.2, -0.15) is 0 Å². The van der Waals surface area contributed by atoms with Crippen molar-refractivity contribution in [3.8, 4) is 0 Å². The number of likely N-dealkylation sites (tertiary alicyclic amines) is 1. The second-order valence-electron chi connectivity index (χ2n) is 10.3. The van der Waals surface area contributed by atoms with Crippen LogP contribution in [0.1, 0.15) is 61.8 Å². The van der Waals surface area contributed by atoms with E-state index < -0.39 is 59.5 Å². The highest BCUT2D eigenvalue weighted by atomic mass is 16.6. The quantitative estimate of drug-likeness (QED) is 0.636. The average Bonchev–Trinajstić information content (AvgIpc) is 2.87. The maximum Gasteiger partial charge on any atom is 0.314 e. The molecule has 2 aliphatic rings. The molecule has 1 N–H and O–H groups in total. The van der Waals surface area contributed by atoms with Crippen LogP contribution in [0.4, 0.5) is 0 Å². The first-order valence-electron chi connectivity index (χ1n) is 10.7. The molecule has 0 unspecified atom stereocenters. The van der Waals surface area contributed by atoms with Crippen LogP contribution < -0.4 is 0 Å². The van der Waals surface area contributed by atoms with Crippen LogP contribution in [-0.2, 0) is 33.3 Å². The monoisotopic (exact) mass is 443 g/mol. The van der Waals surface area contributed by atoms with Gasteiger partial charge < -0.3 is 29.0 Å². The SMILES string of the molecule is CC(=O)OC[C@H]1C[C@@H](O)[C@@H]([C@H]2[C@H](OC(C)(C)C)[C@@H](OC(C)(C)C)CN2C(C)=O)C(=O)O1. The maximum absolute atomic E-state index is 13.0. The number of ether oxygens (including phenoxy) is 4. The third-order valence-electron chi connectivity index (χ3n) is 5.15. The van der Waals surface area contributed by atoms with E-state index in [2.05, 4.69) is 0 Å². The molecule has 2 rings (SSSR count). The topological polar surface area (TPSA) is 112 Å². The van der Waals surface area contributed by atoms with E-state index in [1.54, 1.807) is 0 Å². The predicted molar refractivity (Wildman–Crippen MR) is 111 cm³/mol. The summed E-state index contributed by atoms with van der Waals surface area (Å²) in [5.41, 5.74) is -1.07. The smallest absolute Gasteiger partial charge is 0.314 e. The lowest BCUT2D eigenvalue weighted by Gasteiger charge is -2.41.